The third kappa shape index (κ3) is 3.44. The van der Waals surface area contributed by atoms with Gasteiger partial charge < -0.3 is 40.3 Å². The molecule has 9 nitrogen and oxygen atoms in total. The van der Waals surface area contributed by atoms with Crippen LogP contribution in [0.3, 0.4) is 0 Å². The van der Waals surface area contributed by atoms with E-state index in [-0.39, 0.29) is 13.0 Å². The minimum Gasteiger partial charge on any atom is -0.548 e. The fourth-order valence-electron chi connectivity index (χ4n) is 2.11. The molecule has 1 saturated heterocycles. The van der Waals surface area contributed by atoms with Gasteiger partial charge in [0.05, 0.1) is 18.6 Å². The van der Waals surface area contributed by atoms with E-state index in [1.54, 1.807) is 0 Å². The minimum atomic E-state index is -2.11. The van der Waals surface area contributed by atoms with Gasteiger partial charge >= 0.3 is 0 Å². The number of carboxylic acid groups (broad SMARTS) is 1. The molecule has 20 heavy (non-hydrogen) atoms. The van der Waals surface area contributed by atoms with Gasteiger partial charge in [-0.1, -0.05) is 0 Å². The molecule has 116 valence electrons. The van der Waals surface area contributed by atoms with Gasteiger partial charge in [0.1, 0.15) is 18.3 Å². The molecule has 1 aliphatic rings. The van der Waals surface area contributed by atoms with Gasteiger partial charge in [0.25, 0.3) is 5.91 Å². The standard InChI is InChI=1S/C11H19NO8/c13-4-6(14)7(15)8(16)9(17)10(18)12-3-1-2-5(12)11(19)20/h5-9,13-17H,1-4H2,(H,19,20)/p-1/t5-,6-,7-,8-,9-/m1/s1. The summed E-state index contributed by atoms with van der Waals surface area (Å²) >= 11 is 0. The molecule has 0 bridgehead atoms. The number of likely N-dealkylation sites (tertiary alicyclic amines) is 1. The van der Waals surface area contributed by atoms with Crippen molar-refractivity contribution in [1.29, 1.82) is 0 Å². The molecule has 1 aliphatic heterocycles. The normalized spacial score (nSPS) is 25.1. The van der Waals surface area contributed by atoms with Crippen molar-refractivity contribution in [2.75, 3.05) is 13.2 Å². The van der Waals surface area contributed by atoms with Crippen molar-refractivity contribution in [2.45, 2.75) is 43.3 Å². The highest BCUT2D eigenvalue weighted by atomic mass is 16.4. The summed E-state index contributed by atoms with van der Waals surface area (Å²) in [7, 11) is 0. The first kappa shape index (κ1) is 16.8. The minimum absolute atomic E-state index is 0.0832. The van der Waals surface area contributed by atoms with Gasteiger partial charge in [0.15, 0.2) is 6.10 Å². The zero-order valence-electron chi connectivity index (χ0n) is 10.6. The number of aliphatic carboxylic acids is 1. The van der Waals surface area contributed by atoms with Crippen molar-refractivity contribution in [2.24, 2.45) is 0 Å². The molecule has 1 rings (SSSR count). The molecule has 1 amide bonds. The number of carbonyl (C=O) groups excluding carboxylic acids is 2. The van der Waals surface area contributed by atoms with Crippen molar-refractivity contribution < 1.29 is 40.2 Å². The van der Waals surface area contributed by atoms with Crippen LogP contribution >= 0.6 is 0 Å². The number of carboxylic acids is 1. The van der Waals surface area contributed by atoms with E-state index < -0.39 is 48.9 Å². The van der Waals surface area contributed by atoms with Crippen LogP contribution in [0, 0.1) is 0 Å². The highest BCUT2D eigenvalue weighted by Crippen LogP contribution is 2.19. The smallest absolute Gasteiger partial charge is 0.254 e. The number of aliphatic hydroxyl groups excluding tert-OH is 5. The number of nitrogens with zero attached hydrogens (tertiary/aromatic N) is 1. The van der Waals surface area contributed by atoms with Crippen molar-refractivity contribution in [1.82, 2.24) is 4.90 Å². The molecule has 5 atom stereocenters. The largest absolute Gasteiger partial charge is 0.548 e. The van der Waals surface area contributed by atoms with Gasteiger partial charge in [0.2, 0.25) is 0 Å². The summed E-state index contributed by atoms with van der Waals surface area (Å²) in [5, 5.41) is 57.2. The van der Waals surface area contributed by atoms with E-state index >= 15 is 0 Å². The average Bonchev–Trinajstić information content (AvgIpc) is 2.92. The number of hydrogen-bond donors (Lipinski definition) is 5. The highest BCUT2D eigenvalue weighted by Gasteiger charge is 2.39. The molecule has 0 aromatic rings. The SMILES string of the molecule is O=C([O-])[C@H]1CCCN1C(=O)[C@H](O)[C@H](O)[C@H](O)[C@H](O)CO. The van der Waals surface area contributed by atoms with Gasteiger partial charge in [-0.2, -0.15) is 0 Å². The van der Waals surface area contributed by atoms with E-state index in [1.165, 1.54) is 0 Å². The van der Waals surface area contributed by atoms with E-state index in [4.69, 9.17) is 10.2 Å². The van der Waals surface area contributed by atoms with Gasteiger partial charge in [-0.25, -0.2) is 0 Å². The van der Waals surface area contributed by atoms with Gasteiger partial charge in [-0.05, 0) is 12.8 Å². The molecule has 1 heterocycles. The number of rotatable bonds is 6. The molecule has 0 spiro atoms. The highest BCUT2D eigenvalue weighted by molar-refractivity contribution is 5.86. The molecule has 9 heteroatoms. The first-order chi connectivity index (χ1) is 9.31. The van der Waals surface area contributed by atoms with Crippen LogP contribution in [0.4, 0.5) is 0 Å². The predicted molar refractivity (Wildman–Crippen MR) is 60.9 cm³/mol. The lowest BCUT2D eigenvalue weighted by Gasteiger charge is -2.31. The van der Waals surface area contributed by atoms with Crippen LogP contribution in [0.15, 0.2) is 0 Å². The van der Waals surface area contributed by atoms with Gasteiger partial charge in [0, 0.05) is 6.54 Å². The molecule has 0 aliphatic carbocycles. The molecule has 5 N–H and O–H groups in total. The lowest BCUT2D eigenvalue weighted by atomic mass is 10.0. The number of carbonyl (C=O) groups is 2. The Kier molecular flexibility index (Phi) is 5.84. The monoisotopic (exact) mass is 292 g/mol. The summed E-state index contributed by atoms with van der Waals surface area (Å²) in [6.07, 6.45) is -7.24. The summed E-state index contributed by atoms with van der Waals surface area (Å²) in [6, 6.07) is -1.19. The van der Waals surface area contributed by atoms with Crippen molar-refractivity contribution in [3.8, 4) is 0 Å². The quantitative estimate of drug-likeness (QED) is 0.325. The Hall–Kier alpha value is -1.26. The molecule has 0 unspecified atom stereocenters. The Morgan fingerprint density at radius 1 is 1.20 bits per heavy atom. The fourth-order valence-corrected chi connectivity index (χ4v) is 2.11. The predicted octanol–water partition coefficient (Wildman–Crippen LogP) is -4.84. The summed E-state index contributed by atoms with van der Waals surface area (Å²) in [5.74, 6) is -2.54. The summed E-state index contributed by atoms with van der Waals surface area (Å²) in [4.78, 5) is 23.6. The van der Waals surface area contributed by atoms with E-state index in [0.29, 0.717) is 6.42 Å². The van der Waals surface area contributed by atoms with Crippen LogP contribution < -0.4 is 5.11 Å². The van der Waals surface area contributed by atoms with Crippen molar-refractivity contribution in [3.63, 3.8) is 0 Å². The Morgan fingerprint density at radius 3 is 2.30 bits per heavy atom. The maximum absolute atomic E-state index is 11.9. The van der Waals surface area contributed by atoms with Crippen LogP contribution in [0.5, 0.6) is 0 Å². The van der Waals surface area contributed by atoms with Crippen molar-refractivity contribution >= 4 is 11.9 Å². The number of hydrogen-bond acceptors (Lipinski definition) is 8. The molecular weight excluding hydrogens is 274 g/mol. The number of amides is 1. The summed E-state index contributed by atoms with van der Waals surface area (Å²) < 4.78 is 0. The first-order valence-corrected chi connectivity index (χ1v) is 6.15. The van der Waals surface area contributed by atoms with Crippen LogP contribution in [-0.2, 0) is 9.59 Å². The second-order valence-corrected chi connectivity index (χ2v) is 4.68. The maximum Gasteiger partial charge on any atom is 0.254 e. The molecule has 0 aromatic heterocycles. The number of aliphatic hydroxyl groups is 5. The Labute approximate surface area is 114 Å². The van der Waals surface area contributed by atoms with E-state index in [0.717, 1.165) is 4.90 Å². The second kappa shape index (κ2) is 6.95. The molecule has 0 saturated carbocycles. The van der Waals surface area contributed by atoms with E-state index in [1.807, 2.05) is 0 Å². The van der Waals surface area contributed by atoms with Crippen LogP contribution in [0.1, 0.15) is 12.8 Å². The lowest BCUT2D eigenvalue weighted by molar-refractivity contribution is -0.310. The summed E-state index contributed by atoms with van der Waals surface area (Å²) in [6.45, 7) is -0.787. The van der Waals surface area contributed by atoms with Crippen LogP contribution in [-0.4, -0.2) is 85.9 Å². The third-order valence-electron chi connectivity index (χ3n) is 3.32. The molecule has 0 radical (unpaired) electrons. The zero-order chi connectivity index (χ0) is 15.4. The van der Waals surface area contributed by atoms with Gasteiger partial charge in [-0.3, -0.25) is 4.79 Å². The average molecular weight is 292 g/mol. The zero-order valence-corrected chi connectivity index (χ0v) is 10.6. The fraction of sp³-hybridized carbons (Fsp3) is 0.818. The Balaban J connectivity index is 2.73. The Bertz CT molecular complexity index is 362. The first-order valence-electron chi connectivity index (χ1n) is 6.15. The second-order valence-electron chi connectivity index (χ2n) is 4.68. The van der Waals surface area contributed by atoms with Crippen LogP contribution in [0.25, 0.3) is 0 Å². The summed E-state index contributed by atoms with van der Waals surface area (Å²) in [5.41, 5.74) is 0. The molecule has 1 fully saturated rings. The molecule has 0 aromatic carbocycles. The maximum atomic E-state index is 11.9. The van der Waals surface area contributed by atoms with Crippen molar-refractivity contribution in [3.05, 3.63) is 0 Å². The van der Waals surface area contributed by atoms with E-state index in [9.17, 15) is 30.0 Å². The van der Waals surface area contributed by atoms with Gasteiger partial charge in [-0.15, -0.1) is 0 Å². The molecular formula is C11H18NO8-. The lowest BCUT2D eigenvalue weighted by Crippen LogP contribution is -2.55. The third-order valence-corrected chi connectivity index (χ3v) is 3.32. The van der Waals surface area contributed by atoms with Crippen LogP contribution in [0.2, 0.25) is 0 Å². The van der Waals surface area contributed by atoms with E-state index in [2.05, 4.69) is 0 Å². The Morgan fingerprint density at radius 2 is 1.80 bits per heavy atom. The topological polar surface area (TPSA) is 162 Å².